The molecule has 0 aliphatic rings. The molecule has 1 heterocycles. The standard InChI is InChI=1S/C16H21N/c1-11(2)13-8-12-6-7-17-10-14(12)15(9-13)16(3,4)5/h6-11H,1-5H3. The molecule has 0 saturated carbocycles. The summed E-state index contributed by atoms with van der Waals surface area (Å²) in [5.74, 6) is 0.564. The van der Waals surface area contributed by atoms with Crippen molar-refractivity contribution < 1.29 is 0 Å². The van der Waals surface area contributed by atoms with Crippen LogP contribution in [0.25, 0.3) is 10.8 Å². The molecule has 0 fully saturated rings. The highest BCUT2D eigenvalue weighted by Crippen LogP contribution is 2.32. The predicted molar refractivity (Wildman–Crippen MR) is 74.5 cm³/mol. The average molecular weight is 227 g/mol. The zero-order valence-corrected chi connectivity index (χ0v) is 11.4. The second-order valence-corrected chi connectivity index (χ2v) is 6.07. The van der Waals surface area contributed by atoms with Gasteiger partial charge in [0.25, 0.3) is 0 Å². The van der Waals surface area contributed by atoms with E-state index in [2.05, 4.69) is 57.8 Å². The lowest BCUT2D eigenvalue weighted by Crippen LogP contribution is -2.12. The van der Waals surface area contributed by atoms with Crippen molar-refractivity contribution in [2.75, 3.05) is 0 Å². The van der Waals surface area contributed by atoms with E-state index >= 15 is 0 Å². The molecule has 1 heteroatoms. The van der Waals surface area contributed by atoms with Gasteiger partial charge in [-0.3, -0.25) is 4.98 Å². The summed E-state index contributed by atoms with van der Waals surface area (Å²) >= 11 is 0. The van der Waals surface area contributed by atoms with Gasteiger partial charge in [0.05, 0.1) is 0 Å². The van der Waals surface area contributed by atoms with Gasteiger partial charge in [0.1, 0.15) is 0 Å². The minimum atomic E-state index is 0.159. The minimum absolute atomic E-state index is 0.159. The summed E-state index contributed by atoms with van der Waals surface area (Å²) in [6.07, 6.45) is 3.86. The molecule has 0 bridgehead atoms. The van der Waals surface area contributed by atoms with Gasteiger partial charge >= 0.3 is 0 Å². The smallest absolute Gasteiger partial charge is 0.0349 e. The third-order valence-corrected chi connectivity index (χ3v) is 3.25. The first-order valence-corrected chi connectivity index (χ1v) is 6.28. The van der Waals surface area contributed by atoms with Crippen LogP contribution in [0.15, 0.2) is 30.6 Å². The second-order valence-electron chi connectivity index (χ2n) is 6.07. The van der Waals surface area contributed by atoms with Crippen LogP contribution in [0.5, 0.6) is 0 Å². The van der Waals surface area contributed by atoms with Crippen molar-refractivity contribution in [2.24, 2.45) is 0 Å². The summed E-state index contributed by atoms with van der Waals surface area (Å²) in [5, 5.41) is 2.58. The lowest BCUT2D eigenvalue weighted by Gasteiger charge is -2.23. The Kier molecular flexibility index (Phi) is 2.94. The molecule has 0 unspecified atom stereocenters. The summed E-state index contributed by atoms with van der Waals surface area (Å²) in [5.41, 5.74) is 2.96. The zero-order chi connectivity index (χ0) is 12.6. The molecule has 0 radical (unpaired) electrons. The highest BCUT2D eigenvalue weighted by molar-refractivity contribution is 5.86. The van der Waals surface area contributed by atoms with E-state index in [4.69, 9.17) is 0 Å². The molecular weight excluding hydrogens is 206 g/mol. The molecule has 2 rings (SSSR count). The van der Waals surface area contributed by atoms with Crippen LogP contribution < -0.4 is 0 Å². The lowest BCUT2D eigenvalue weighted by atomic mass is 9.82. The molecular formula is C16H21N. The van der Waals surface area contributed by atoms with E-state index in [1.54, 1.807) is 0 Å². The van der Waals surface area contributed by atoms with Crippen LogP contribution in [0.4, 0.5) is 0 Å². The van der Waals surface area contributed by atoms with E-state index in [9.17, 15) is 0 Å². The van der Waals surface area contributed by atoms with Gasteiger partial charge in [-0.1, -0.05) is 46.8 Å². The molecule has 0 spiro atoms. The third-order valence-electron chi connectivity index (χ3n) is 3.25. The van der Waals surface area contributed by atoms with Gasteiger partial charge in [-0.05, 0) is 33.9 Å². The van der Waals surface area contributed by atoms with Crippen molar-refractivity contribution in [3.05, 3.63) is 41.7 Å². The number of benzene rings is 1. The highest BCUT2D eigenvalue weighted by Gasteiger charge is 2.18. The molecule has 1 aromatic heterocycles. The fourth-order valence-corrected chi connectivity index (χ4v) is 2.18. The number of aromatic nitrogens is 1. The Morgan fingerprint density at radius 1 is 1.12 bits per heavy atom. The number of pyridine rings is 1. The number of rotatable bonds is 1. The van der Waals surface area contributed by atoms with Crippen molar-refractivity contribution in [3.63, 3.8) is 0 Å². The van der Waals surface area contributed by atoms with Crippen molar-refractivity contribution >= 4 is 10.8 Å². The monoisotopic (exact) mass is 227 g/mol. The maximum atomic E-state index is 4.26. The quantitative estimate of drug-likeness (QED) is 0.690. The van der Waals surface area contributed by atoms with Gasteiger partial charge in [-0.25, -0.2) is 0 Å². The van der Waals surface area contributed by atoms with Gasteiger partial charge < -0.3 is 0 Å². The Hall–Kier alpha value is -1.37. The zero-order valence-electron chi connectivity index (χ0n) is 11.4. The van der Waals surface area contributed by atoms with E-state index < -0.39 is 0 Å². The SMILES string of the molecule is CC(C)c1cc(C(C)(C)C)c2cnccc2c1. The molecule has 0 N–H and O–H groups in total. The van der Waals surface area contributed by atoms with Crippen molar-refractivity contribution in [1.82, 2.24) is 4.98 Å². The molecule has 0 amide bonds. The molecule has 90 valence electrons. The van der Waals surface area contributed by atoms with E-state index in [1.807, 2.05) is 12.4 Å². The van der Waals surface area contributed by atoms with Crippen LogP contribution in [-0.2, 0) is 5.41 Å². The molecule has 0 aliphatic carbocycles. The summed E-state index contributed by atoms with van der Waals surface area (Å²) in [7, 11) is 0. The molecule has 1 aromatic carbocycles. The van der Waals surface area contributed by atoms with E-state index in [1.165, 1.54) is 21.9 Å². The van der Waals surface area contributed by atoms with Gasteiger partial charge in [-0.2, -0.15) is 0 Å². The highest BCUT2D eigenvalue weighted by atomic mass is 14.6. The van der Waals surface area contributed by atoms with Crippen molar-refractivity contribution in [3.8, 4) is 0 Å². The Balaban J connectivity index is 2.79. The van der Waals surface area contributed by atoms with E-state index in [0.29, 0.717) is 5.92 Å². The summed E-state index contributed by atoms with van der Waals surface area (Å²) in [6.45, 7) is 11.3. The maximum absolute atomic E-state index is 4.26. The molecule has 2 aromatic rings. The second kappa shape index (κ2) is 4.14. The Morgan fingerprint density at radius 2 is 1.82 bits per heavy atom. The van der Waals surface area contributed by atoms with Gasteiger partial charge in [-0.15, -0.1) is 0 Å². The van der Waals surface area contributed by atoms with Gasteiger partial charge in [0.2, 0.25) is 0 Å². The fourth-order valence-electron chi connectivity index (χ4n) is 2.18. The predicted octanol–water partition coefficient (Wildman–Crippen LogP) is 4.66. The molecule has 0 saturated heterocycles. The molecule has 0 atom stereocenters. The molecule has 17 heavy (non-hydrogen) atoms. The van der Waals surface area contributed by atoms with Crippen LogP contribution in [0.3, 0.4) is 0 Å². The number of fused-ring (bicyclic) bond motifs is 1. The third kappa shape index (κ3) is 2.33. The topological polar surface area (TPSA) is 12.9 Å². The Morgan fingerprint density at radius 3 is 2.41 bits per heavy atom. The van der Waals surface area contributed by atoms with Crippen LogP contribution >= 0.6 is 0 Å². The first-order chi connectivity index (χ1) is 7.89. The lowest BCUT2D eigenvalue weighted by molar-refractivity contribution is 0.594. The first kappa shape index (κ1) is 12.1. The summed E-state index contributed by atoms with van der Waals surface area (Å²) < 4.78 is 0. The molecule has 0 aliphatic heterocycles. The summed E-state index contributed by atoms with van der Waals surface area (Å²) in [4.78, 5) is 4.26. The average Bonchev–Trinajstić information content (AvgIpc) is 2.26. The van der Waals surface area contributed by atoms with E-state index in [-0.39, 0.29) is 5.41 Å². The number of hydrogen-bond donors (Lipinski definition) is 0. The van der Waals surface area contributed by atoms with Crippen LogP contribution in [0.1, 0.15) is 51.7 Å². The van der Waals surface area contributed by atoms with Crippen LogP contribution in [0.2, 0.25) is 0 Å². The van der Waals surface area contributed by atoms with Crippen molar-refractivity contribution in [1.29, 1.82) is 0 Å². The van der Waals surface area contributed by atoms with E-state index in [0.717, 1.165) is 0 Å². The Labute approximate surface area is 104 Å². The Bertz CT molecular complexity index is 533. The number of hydrogen-bond acceptors (Lipinski definition) is 1. The van der Waals surface area contributed by atoms with Crippen LogP contribution in [-0.4, -0.2) is 4.98 Å². The van der Waals surface area contributed by atoms with Crippen LogP contribution in [0, 0.1) is 0 Å². The number of nitrogens with zero attached hydrogens (tertiary/aromatic N) is 1. The fraction of sp³-hybridized carbons (Fsp3) is 0.438. The van der Waals surface area contributed by atoms with Gasteiger partial charge in [0, 0.05) is 17.8 Å². The van der Waals surface area contributed by atoms with Crippen molar-refractivity contribution in [2.45, 2.75) is 46.0 Å². The first-order valence-electron chi connectivity index (χ1n) is 6.28. The minimum Gasteiger partial charge on any atom is -0.264 e. The largest absolute Gasteiger partial charge is 0.264 e. The normalized spacial score (nSPS) is 12.4. The van der Waals surface area contributed by atoms with Gasteiger partial charge in [0.15, 0.2) is 0 Å². The maximum Gasteiger partial charge on any atom is 0.0349 e. The molecule has 1 nitrogen and oxygen atoms in total. The summed E-state index contributed by atoms with van der Waals surface area (Å²) in [6, 6.07) is 6.74.